The van der Waals surface area contributed by atoms with Crippen molar-refractivity contribution in [2.75, 3.05) is 18.2 Å². The van der Waals surface area contributed by atoms with Crippen LogP contribution < -0.4 is 10.1 Å². The minimum atomic E-state index is 0.588. The van der Waals surface area contributed by atoms with Crippen molar-refractivity contribution < 1.29 is 4.74 Å². The molecule has 108 valence electrons. The van der Waals surface area contributed by atoms with Gasteiger partial charge in [-0.05, 0) is 49.6 Å². The van der Waals surface area contributed by atoms with Gasteiger partial charge in [0.05, 0.1) is 6.61 Å². The topological polar surface area (TPSA) is 64.3 Å². The second-order valence-electron chi connectivity index (χ2n) is 4.25. The SMILES string of the molecule is CCOc1ccc(Nc2nnc3ccc(SC)nn23)cc1. The van der Waals surface area contributed by atoms with Crippen molar-refractivity contribution >= 4 is 29.0 Å². The van der Waals surface area contributed by atoms with Crippen molar-refractivity contribution in [3.63, 3.8) is 0 Å². The largest absolute Gasteiger partial charge is 0.494 e. The molecule has 0 unspecified atom stereocenters. The zero-order chi connectivity index (χ0) is 14.7. The van der Waals surface area contributed by atoms with Gasteiger partial charge in [-0.2, -0.15) is 9.61 Å². The highest BCUT2D eigenvalue weighted by molar-refractivity contribution is 7.98. The van der Waals surface area contributed by atoms with Crippen molar-refractivity contribution in [2.45, 2.75) is 11.9 Å². The van der Waals surface area contributed by atoms with Crippen LogP contribution in [0.5, 0.6) is 5.75 Å². The molecule has 3 aromatic rings. The molecule has 21 heavy (non-hydrogen) atoms. The normalized spacial score (nSPS) is 10.8. The molecule has 0 spiro atoms. The number of nitrogens with zero attached hydrogens (tertiary/aromatic N) is 4. The predicted molar refractivity (Wildman–Crippen MR) is 83.5 cm³/mol. The number of fused-ring (bicyclic) bond motifs is 1. The summed E-state index contributed by atoms with van der Waals surface area (Å²) >= 11 is 1.58. The summed E-state index contributed by atoms with van der Waals surface area (Å²) < 4.78 is 7.12. The zero-order valence-corrected chi connectivity index (χ0v) is 12.6. The summed E-state index contributed by atoms with van der Waals surface area (Å²) in [5.41, 5.74) is 1.62. The molecule has 0 radical (unpaired) electrons. The lowest BCUT2D eigenvalue weighted by Crippen LogP contribution is -2.00. The summed E-state index contributed by atoms with van der Waals surface area (Å²) in [6.07, 6.45) is 1.98. The molecule has 0 aliphatic carbocycles. The van der Waals surface area contributed by atoms with E-state index < -0.39 is 0 Å². The lowest BCUT2D eigenvalue weighted by atomic mass is 10.3. The van der Waals surface area contributed by atoms with Gasteiger partial charge in [0, 0.05) is 5.69 Å². The Bertz CT molecular complexity index is 741. The summed E-state index contributed by atoms with van der Waals surface area (Å²) in [6.45, 7) is 2.62. The molecule has 2 aromatic heterocycles. The van der Waals surface area contributed by atoms with Crippen molar-refractivity contribution in [1.82, 2.24) is 19.8 Å². The van der Waals surface area contributed by atoms with Crippen LogP contribution in [0.2, 0.25) is 0 Å². The van der Waals surface area contributed by atoms with E-state index in [2.05, 4.69) is 20.6 Å². The standard InChI is InChI=1S/C14H15N5OS/c1-3-20-11-6-4-10(5-7-11)15-14-17-16-12-8-9-13(21-2)18-19(12)14/h4-9H,3H2,1-2H3,(H,15,17). The first-order valence-electron chi connectivity index (χ1n) is 6.56. The third kappa shape index (κ3) is 2.92. The van der Waals surface area contributed by atoms with Crippen molar-refractivity contribution in [3.05, 3.63) is 36.4 Å². The third-order valence-corrected chi connectivity index (χ3v) is 3.50. The first-order chi connectivity index (χ1) is 10.3. The number of aromatic nitrogens is 4. The van der Waals surface area contributed by atoms with Gasteiger partial charge in [0.15, 0.2) is 5.65 Å². The summed E-state index contributed by atoms with van der Waals surface area (Å²) in [4.78, 5) is 0. The van der Waals surface area contributed by atoms with Gasteiger partial charge in [-0.15, -0.1) is 22.0 Å². The van der Waals surface area contributed by atoms with Crippen LogP contribution in [0.4, 0.5) is 11.6 Å². The molecule has 6 nitrogen and oxygen atoms in total. The maximum absolute atomic E-state index is 5.42. The van der Waals surface area contributed by atoms with E-state index in [4.69, 9.17) is 4.74 Å². The molecule has 0 saturated heterocycles. The summed E-state index contributed by atoms with van der Waals surface area (Å²) in [6, 6.07) is 11.5. The highest BCUT2D eigenvalue weighted by Crippen LogP contribution is 2.20. The number of thioether (sulfide) groups is 1. The van der Waals surface area contributed by atoms with Crippen LogP contribution in [0.25, 0.3) is 5.65 Å². The smallest absolute Gasteiger partial charge is 0.250 e. The van der Waals surface area contributed by atoms with Crippen molar-refractivity contribution in [3.8, 4) is 5.75 Å². The van der Waals surface area contributed by atoms with Crippen molar-refractivity contribution in [1.29, 1.82) is 0 Å². The number of nitrogens with one attached hydrogen (secondary N) is 1. The van der Waals surface area contributed by atoms with E-state index in [1.807, 2.05) is 49.6 Å². The second kappa shape index (κ2) is 6.01. The summed E-state index contributed by atoms with van der Waals surface area (Å²) in [5, 5.41) is 16.8. The van der Waals surface area contributed by atoms with E-state index in [1.54, 1.807) is 16.3 Å². The second-order valence-corrected chi connectivity index (χ2v) is 5.08. The van der Waals surface area contributed by atoms with E-state index in [0.29, 0.717) is 18.2 Å². The Kier molecular flexibility index (Phi) is 3.92. The maximum Gasteiger partial charge on any atom is 0.250 e. The van der Waals surface area contributed by atoms with Crippen LogP contribution in [0.3, 0.4) is 0 Å². The minimum Gasteiger partial charge on any atom is -0.494 e. The van der Waals surface area contributed by atoms with Crippen LogP contribution in [0, 0.1) is 0 Å². The van der Waals surface area contributed by atoms with Gasteiger partial charge in [0.2, 0.25) is 5.95 Å². The predicted octanol–water partition coefficient (Wildman–Crippen LogP) is 2.99. The molecule has 0 aliphatic heterocycles. The molecule has 0 fully saturated rings. The Morgan fingerprint density at radius 2 is 1.95 bits per heavy atom. The van der Waals surface area contributed by atoms with Crippen LogP contribution in [0.15, 0.2) is 41.4 Å². The van der Waals surface area contributed by atoms with Crippen LogP contribution in [0.1, 0.15) is 6.92 Å². The highest BCUT2D eigenvalue weighted by Gasteiger charge is 2.07. The average molecular weight is 301 g/mol. The van der Waals surface area contributed by atoms with Crippen LogP contribution in [-0.4, -0.2) is 32.7 Å². The van der Waals surface area contributed by atoms with E-state index in [-0.39, 0.29) is 0 Å². The van der Waals surface area contributed by atoms with E-state index in [1.165, 1.54) is 0 Å². The lowest BCUT2D eigenvalue weighted by Gasteiger charge is -2.06. The van der Waals surface area contributed by atoms with Crippen LogP contribution in [-0.2, 0) is 0 Å². The Hall–Kier alpha value is -2.28. The molecule has 3 rings (SSSR count). The fourth-order valence-corrected chi connectivity index (χ4v) is 2.26. The van der Waals surface area contributed by atoms with Gasteiger partial charge in [-0.3, -0.25) is 0 Å². The van der Waals surface area contributed by atoms with Gasteiger partial charge in [-0.25, -0.2) is 0 Å². The first-order valence-corrected chi connectivity index (χ1v) is 7.79. The molecule has 0 bridgehead atoms. The molecule has 7 heteroatoms. The van der Waals surface area contributed by atoms with Gasteiger partial charge in [0.1, 0.15) is 10.8 Å². The summed E-state index contributed by atoms with van der Waals surface area (Å²) in [7, 11) is 0. The number of benzene rings is 1. The van der Waals surface area contributed by atoms with E-state index in [0.717, 1.165) is 16.5 Å². The van der Waals surface area contributed by atoms with Gasteiger partial charge in [-0.1, -0.05) is 0 Å². The Morgan fingerprint density at radius 1 is 1.14 bits per heavy atom. The Morgan fingerprint density at radius 3 is 2.67 bits per heavy atom. The van der Waals surface area contributed by atoms with Gasteiger partial charge < -0.3 is 10.1 Å². The molecular weight excluding hydrogens is 286 g/mol. The average Bonchev–Trinajstić information content (AvgIpc) is 2.92. The number of rotatable bonds is 5. The van der Waals surface area contributed by atoms with E-state index >= 15 is 0 Å². The maximum atomic E-state index is 5.42. The molecule has 0 atom stereocenters. The van der Waals surface area contributed by atoms with Gasteiger partial charge in [0.25, 0.3) is 0 Å². The minimum absolute atomic E-state index is 0.588. The monoisotopic (exact) mass is 301 g/mol. The fourth-order valence-electron chi connectivity index (χ4n) is 1.89. The highest BCUT2D eigenvalue weighted by atomic mass is 32.2. The zero-order valence-electron chi connectivity index (χ0n) is 11.8. The number of anilines is 2. The third-order valence-electron chi connectivity index (χ3n) is 2.87. The molecular formula is C14H15N5OS. The molecule has 0 saturated carbocycles. The molecule has 0 amide bonds. The number of ether oxygens (including phenoxy) is 1. The summed E-state index contributed by atoms with van der Waals surface area (Å²) in [5.74, 6) is 1.43. The lowest BCUT2D eigenvalue weighted by molar-refractivity contribution is 0.340. The fraction of sp³-hybridized carbons (Fsp3) is 0.214. The number of hydrogen-bond donors (Lipinski definition) is 1. The first kappa shape index (κ1) is 13.7. The Balaban J connectivity index is 1.87. The molecule has 1 aromatic carbocycles. The van der Waals surface area contributed by atoms with E-state index in [9.17, 15) is 0 Å². The molecule has 0 aliphatic rings. The number of hydrogen-bond acceptors (Lipinski definition) is 6. The molecule has 2 heterocycles. The van der Waals surface area contributed by atoms with Gasteiger partial charge >= 0.3 is 0 Å². The molecule has 1 N–H and O–H groups in total. The quantitative estimate of drug-likeness (QED) is 0.731. The van der Waals surface area contributed by atoms with Crippen molar-refractivity contribution in [2.24, 2.45) is 0 Å². The van der Waals surface area contributed by atoms with Crippen LogP contribution >= 0.6 is 11.8 Å². The Labute approximate surface area is 126 Å².